The van der Waals surface area contributed by atoms with E-state index < -0.39 is 5.97 Å². The zero-order valence-electron chi connectivity index (χ0n) is 17.1. The van der Waals surface area contributed by atoms with Gasteiger partial charge in [0.15, 0.2) is 5.13 Å². The SMILES string of the molecule is CCc1cccc2sc(N(CC3CCCO3)C(=O)c3ccccc3C(=O)OC)nc12. The van der Waals surface area contributed by atoms with Crippen molar-refractivity contribution in [2.24, 2.45) is 0 Å². The topological polar surface area (TPSA) is 68.7 Å². The molecule has 7 heteroatoms. The Morgan fingerprint density at radius 3 is 2.70 bits per heavy atom. The number of carbonyl (C=O) groups excluding carboxylic acids is 2. The molecule has 4 rings (SSSR count). The normalized spacial score (nSPS) is 16.0. The molecule has 0 spiro atoms. The minimum atomic E-state index is -0.534. The van der Waals surface area contributed by atoms with Gasteiger partial charge in [0.1, 0.15) is 0 Å². The van der Waals surface area contributed by atoms with Gasteiger partial charge in [-0.2, -0.15) is 0 Å². The van der Waals surface area contributed by atoms with Gasteiger partial charge >= 0.3 is 5.97 Å². The molecule has 6 nitrogen and oxygen atoms in total. The fourth-order valence-electron chi connectivity index (χ4n) is 3.74. The van der Waals surface area contributed by atoms with E-state index >= 15 is 0 Å². The maximum absolute atomic E-state index is 13.6. The molecule has 1 unspecified atom stereocenters. The minimum Gasteiger partial charge on any atom is -0.465 e. The molecule has 1 fully saturated rings. The number of aromatic nitrogens is 1. The lowest BCUT2D eigenvalue weighted by atomic mass is 10.1. The second kappa shape index (κ2) is 8.93. The number of esters is 1. The van der Waals surface area contributed by atoms with Crippen molar-refractivity contribution in [1.82, 2.24) is 4.98 Å². The Bertz CT molecular complexity index is 1070. The summed E-state index contributed by atoms with van der Waals surface area (Å²) < 4.78 is 11.7. The molecule has 30 heavy (non-hydrogen) atoms. The van der Waals surface area contributed by atoms with Crippen LogP contribution in [0.4, 0.5) is 5.13 Å². The van der Waals surface area contributed by atoms with Crippen molar-refractivity contribution in [2.75, 3.05) is 25.2 Å². The third-order valence-corrected chi connectivity index (χ3v) is 6.36. The van der Waals surface area contributed by atoms with Crippen LogP contribution in [0.15, 0.2) is 42.5 Å². The smallest absolute Gasteiger partial charge is 0.338 e. The molecule has 1 atom stereocenters. The highest BCUT2D eigenvalue weighted by Gasteiger charge is 2.29. The molecule has 0 N–H and O–H groups in total. The standard InChI is InChI=1S/C23H24N2O4S/c1-3-15-8-6-12-19-20(15)24-23(30-19)25(14-16-9-7-13-29-16)21(26)17-10-4-5-11-18(17)22(27)28-2/h4-6,8,10-12,16H,3,7,9,13-14H2,1-2H3. The Labute approximate surface area is 179 Å². The molecule has 0 radical (unpaired) electrons. The zero-order chi connectivity index (χ0) is 21.1. The third-order valence-electron chi connectivity index (χ3n) is 5.32. The number of rotatable bonds is 6. The molecule has 3 aromatic rings. The average molecular weight is 425 g/mol. The van der Waals surface area contributed by atoms with Gasteiger partial charge < -0.3 is 9.47 Å². The first-order valence-corrected chi connectivity index (χ1v) is 10.9. The molecule has 0 bridgehead atoms. The summed E-state index contributed by atoms with van der Waals surface area (Å²) in [5.41, 5.74) is 2.62. The van der Waals surface area contributed by atoms with Crippen molar-refractivity contribution in [2.45, 2.75) is 32.3 Å². The fraction of sp³-hybridized carbons (Fsp3) is 0.348. The maximum atomic E-state index is 13.6. The van der Waals surface area contributed by atoms with E-state index in [2.05, 4.69) is 13.0 Å². The first-order valence-electron chi connectivity index (χ1n) is 10.1. The van der Waals surface area contributed by atoms with Crippen LogP contribution in [0.25, 0.3) is 10.2 Å². The molecule has 1 amide bonds. The molecule has 2 aromatic carbocycles. The Hall–Kier alpha value is -2.77. The number of aryl methyl sites for hydroxylation is 1. The number of fused-ring (bicyclic) bond motifs is 1. The lowest BCUT2D eigenvalue weighted by molar-refractivity contribution is 0.0596. The van der Waals surface area contributed by atoms with Gasteiger partial charge in [0.2, 0.25) is 0 Å². The van der Waals surface area contributed by atoms with Gasteiger partial charge in [-0.25, -0.2) is 9.78 Å². The van der Waals surface area contributed by atoms with E-state index in [4.69, 9.17) is 14.5 Å². The molecule has 1 aliphatic rings. The summed E-state index contributed by atoms with van der Waals surface area (Å²) in [6, 6.07) is 12.8. The van der Waals surface area contributed by atoms with Gasteiger partial charge in [-0.05, 0) is 43.0 Å². The quantitative estimate of drug-likeness (QED) is 0.546. The minimum absolute atomic E-state index is 0.0445. The summed E-state index contributed by atoms with van der Waals surface area (Å²) in [7, 11) is 1.31. The van der Waals surface area contributed by atoms with Crippen LogP contribution in [0, 0.1) is 0 Å². The van der Waals surface area contributed by atoms with Gasteiger partial charge in [0.25, 0.3) is 5.91 Å². The van der Waals surface area contributed by atoms with E-state index in [9.17, 15) is 9.59 Å². The maximum Gasteiger partial charge on any atom is 0.338 e. The molecule has 1 aliphatic heterocycles. The molecule has 156 valence electrons. The van der Waals surface area contributed by atoms with Gasteiger partial charge in [-0.1, -0.05) is 42.5 Å². The number of nitrogens with zero attached hydrogens (tertiary/aromatic N) is 2. The average Bonchev–Trinajstić information content (AvgIpc) is 3.45. The number of hydrogen-bond acceptors (Lipinski definition) is 6. The highest BCUT2D eigenvalue weighted by molar-refractivity contribution is 7.22. The van der Waals surface area contributed by atoms with Crippen molar-refractivity contribution in [3.05, 3.63) is 59.2 Å². The summed E-state index contributed by atoms with van der Waals surface area (Å²) >= 11 is 1.48. The number of methoxy groups -OCH3 is 1. The van der Waals surface area contributed by atoms with E-state index in [1.165, 1.54) is 18.4 Å². The van der Waals surface area contributed by atoms with Crippen LogP contribution in [0.2, 0.25) is 0 Å². The van der Waals surface area contributed by atoms with Crippen LogP contribution in [-0.4, -0.2) is 43.2 Å². The fourth-order valence-corrected chi connectivity index (χ4v) is 4.76. The second-order valence-corrected chi connectivity index (χ2v) is 8.21. The van der Waals surface area contributed by atoms with Gasteiger partial charge in [-0.3, -0.25) is 9.69 Å². The number of anilines is 1. The first-order chi connectivity index (χ1) is 14.6. The molecular formula is C23H24N2O4S. The third kappa shape index (κ3) is 3.95. The van der Waals surface area contributed by atoms with E-state index in [0.29, 0.717) is 23.8 Å². The Kier molecular flexibility index (Phi) is 6.11. The highest BCUT2D eigenvalue weighted by Crippen LogP contribution is 2.33. The number of benzene rings is 2. The van der Waals surface area contributed by atoms with Crippen molar-refractivity contribution in [3.8, 4) is 0 Å². The molecule has 0 aliphatic carbocycles. The number of para-hydroxylation sites is 1. The van der Waals surface area contributed by atoms with Gasteiger partial charge in [0, 0.05) is 6.61 Å². The van der Waals surface area contributed by atoms with Gasteiger partial charge in [0.05, 0.1) is 41.1 Å². The van der Waals surface area contributed by atoms with Crippen LogP contribution in [-0.2, 0) is 15.9 Å². The summed E-state index contributed by atoms with van der Waals surface area (Å²) in [6.45, 7) is 3.19. The van der Waals surface area contributed by atoms with E-state index in [1.807, 2.05) is 12.1 Å². The van der Waals surface area contributed by atoms with E-state index in [0.717, 1.165) is 35.0 Å². The predicted octanol–water partition coefficient (Wildman–Crippen LogP) is 4.47. The Morgan fingerprint density at radius 2 is 2.00 bits per heavy atom. The van der Waals surface area contributed by atoms with Crippen LogP contribution >= 0.6 is 11.3 Å². The lowest BCUT2D eigenvalue weighted by Gasteiger charge is -2.23. The first kappa shape index (κ1) is 20.5. The van der Waals surface area contributed by atoms with Crippen LogP contribution in [0.5, 0.6) is 0 Å². The zero-order valence-corrected chi connectivity index (χ0v) is 17.9. The molecule has 1 saturated heterocycles. The predicted molar refractivity (Wildman–Crippen MR) is 117 cm³/mol. The second-order valence-electron chi connectivity index (χ2n) is 7.20. The summed E-state index contributed by atoms with van der Waals surface area (Å²) in [6.07, 6.45) is 2.70. The summed E-state index contributed by atoms with van der Waals surface area (Å²) in [5.74, 6) is -0.808. The summed E-state index contributed by atoms with van der Waals surface area (Å²) in [5, 5.41) is 0.617. The Morgan fingerprint density at radius 1 is 1.20 bits per heavy atom. The van der Waals surface area contributed by atoms with Gasteiger partial charge in [-0.15, -0.1) is 0 Å². The molecule has 2 heterocycles. The van der Waals surface area contributed by atoms with Crippen LogP contribution < -0.4 is 4.90 Å². The van der Waals surface area contributed by atoms with Crippen molar-refractivity contribution in [3.63, 3.8) is 0 Å². The van der Waals surface area contributed by atoms with Crippen molar-refractivity contribution >= 4 is 38.6 Å². The van der Waals surface area contributed by atoms with Crippen molar-refractivity contribution < 1.29 is 19.1 Å². The largest absolute Gasteiger partial charge is 0.465 e. The number of amides is 1. The molecule has 1 aromatic heterocycles. The van der Waals surface area contributed by atoms with E-state index in [-0.39, 0.29) is 17.6 Å². The van der Waals surface area contributed by atoms with Crippen LogP contribution in [0.1, 0.15) is 46.0 Å². The highest BCUT2D eigenvalue weighted by atomic mass is 32.1. The molecular weight excluding hydrogens is 400 g/mol. The summed E-state index contributed by atoms with van der Waals surface area (Å²) in [4.78, 5) is 32.3. The van der Waals surface area contributed by atoms with Crippen LogP contribution in [0.3, 0.4) is 0 Å². The number of hydrogen-bond donors (Lipinski definition) is 0. The number of thiazole rings is 1. The molecule has 0 saturated carbocycles. The Balaban J connectivity index is 1.77. The van der Waals surface area contributed by atoms with E-state index in [1.54, 1.807) is 29.2 Å². The monoisotopic (exact) mass is 424 g/mol. The number of ether oxygens (including phenoxy) is 2. The number of carbonyl (C=O) groups is 2. The van der Waals surface area contributed by atoms with Crippen molar-refractivity contribution in [1.29, 1.82) is 0 Å². The lowest BCUT2D eigenvalue weighted by Crippen LogP contribution is -2.38.